The van der Waals surface area contributed by atoms with Crippen molar-refractivity contribution in [1.29, 1.82) is 0 Å². The van der Waals surface area contributed by atoms with Crippen LogP contribution in [0.15, 0.2) is 48.5 Å². The van der Waals surface area contributed by atoms with E-state index in [0.717, 1.165) is 41.7 Å². The topological polar surface area (TPSA) is 41.6 Å². The Hall–Kier alpha value is -2.75. The van der Waals surface area contributed by atoms with Crippen LogP contribution in [-0.4, -0.2) is 25.6 Å². The number of rotatable bonds is 5. The Morgan fingerprint density at radius 1 is 1.17 bits per heavy atom. The van der Waals surface area contributed by atoms with Gasteiger partial charge in [0.2, 0.25) is 5.91 Å². The van der Waals surface area contributed by atoms with Crippen LogP contribution >= 0.6 is 0 Å². The summed E-state index contributed by atoms with van der Waals surface area (Å²) >= 11 is 0. The van der Waals surface area contributed by atoms with Gasteiger partial charge in [-0.3, -0.25) is 4.79 Å². The van der Waals surface area contributed by atoms with Gasteiger partial charge in [-0.2, -0.15) is 0 Å². The molecule has 1 fully saturated rings. The van der Waals surface area contributed by atoms with Gasteiger partial charge in [0.05, 0.1) is 12.2 Å². The van der Waals surface area contributed by atoms with E-state index in [1.165, 1.54) is 18.4 Å². The molecule has 0 unspecified atom stereocenters. The highest BCUT2D eigenvalue weighted by atomic mass is 16.5. The molecule has 1 heterocycles. The van der Waals surface area contributed by atoms with Gasteiger partial charge in [-0.1, -0.05) is 45.0 Å². The molecule has 4 heteroatoms. The fraction of sp³-hybridized carbons (Fsp3) is 0.400. The summed E-state index contributed by atoms with van der Waals surface area (Å²) in [6, 6.07) is 14.3. The Bertz CT molecular complexity index is 905. The summed E-state index contributed by atoms with van der Waals surface area (Å²) in [5.74, 6) is 1.55. The highest BCUT2D eigenvalue weighted by molar-refractivity contribution is 6.02. The molecule has 0 saturated heterocycles. The molecule has 2 aromatic rings. The lowest BCUT2D eigenvalue weighted by atomic mass is 9.87. The summed E-state index contributed by atoms with van der Waals surface area (Å²) in [5.41, 5.74) is 4.31. The molecule has 2 aliphatic rings. The molecule has 1 saturated carbocycles. The van der Waals surface area contributed by atoms with E-state index < -0.39 is 0 Å². The van der Waals surface area contributed by atoms with Crippen molar-refractivity contribution in [3.05, 3.63) is 59.7 Å². The summed E-state index contributed by atoms with van der Waals surface area (Å²) in [4.78, 5) is 14.8. The van der Waals surface area contributed by atoms with E-state index in [-0.39, 0.29) is 11.3 Å². The first kappa shape index (κ1) is 19.6. The smallest absolute Gasteiger partial charge is 0.248 e. The fourth-order valence-electron chi connectivity index (χ4n) is 3.61. The van der Waals surface area contributed by atoms with Crippen LogP contribution in [0, 0.1) is 5.92 Å². The average Bonchev–Trinajstić information content (AvgIpc) is 3.50. The van der Waals surface area contributed by atoms with Gasteiger partial charge in [-0.25, -0.2) is 0 Å². The standard InChI is InChI=1S/C25H30N2O2/c1-25(2,3)20-9-6-18(7-10-20)8-13-24(28)26-21-11-12-22-23(16-21)29-15-14-27(22)17-19-4-5-19/h6-13,16,19H,4-5,14-15,17H2,1-3H3,(H,26,28). The first-order valence-corrected chi connectivity index (χ1v) is 10.5. The van der Waals surface area contributed by atoms with E-state index in [9.17, 15) is 4.79 Å². The molecule has 1 aliphatic carbocycles. The van der Waals surface area contributed by atoms with Crippen LogP contribution in [0.2, 0.25) is 0 Å². The molecular weight excluding hydrogens is 360 g/mol. The molecule has 4 nitrogen and oxygen atoms in total. The Labute approximate surface area is 173 Å². The van der Waals surface area contributed by atoms with E-state index in [1.54, 1.807) is 6.08 Å². The largest absolute Gasteiger partial charge is 0.489 e. The molecule has 0 aromatic heterocycles. The van der Waals surface area contributed by atoms with Gasteiger partial charge in [0.15, 0.2) is 0 Å². The zero-order valence-electron chi connectivity index (χ0n) is 17.6. The monoisotopic (exact) mass is 390 g/mol. The Balaban J connectivity index is 1.38. The second-order valence-electron chi connectivity index (χ2n) is 9.11. The number of anilines is 2. The van der Waals surface area contributed by atoms with Crippen LogP contribution in [0.3, 0.4) is 0 Å². The van der Waals surface area contributed by atoms with E-state index in [1.807, 2.05) is 30.3 Å². The highest BCUT2D eigenvalue weighted by Crippen LogP contribution is 2.38. The summed E-state index contributed by atoms with van der Waals surface area (Å²) in [5, 5.41) is 2.94. The van der Waals surface area contributed by atoms with Gasteiger partial charge in [0.25, 0.3) is 0 Å². The van der Waals surface area contributed by atoms with Crippen molar-refractivity contribution in [2.75, 3.05) is 29.9 Å². The van der Waals surface area contributed by atoms with Gasteiger partial charge < -0.3 is 15.0 Å². The minimum Gasteiger partial charge on any atom is -0.489 e. The van der Waals surface area contributed by atoms with Crippen molar-refractivity contribution < 1.29 is 9.53 Å². The molecule has 2 aromatic carbocycles. The van der Waals surface area contributed by atoms with Crippen LogP contribution in [-0.2, 0) is 10.2 Å². The SMILES string of the molecule is CC(C)(C)c1ccc(C=CC(=O)Nc2ccc3c(c2)OCCN3CC2CC2)cc1. The third kappa shape index (κ3) is 5.00. The van der Waals surface area contributed by atoms with Crippen molar-refractivity contribution in [2.24, 2.45) is 5.92 Å². The number of hydrogen-bond acceptors (Lipinski definition) is 3. The third-order valence-corrected chi connectivity index (χ3v) is 5.57. The average molecular weight is 391 g/mol. The van der Waals surface area contributed by atoms with Gasteiger partial charge in [-0.15, -0.1) is 0 Å². The van der Waals surface area contributed by atoms with E-state index in [2.05, 4.69) is 49.2 Å². The van der Waals surface area contributed by atoms with Crippen LogP contribution in [0.5, 0.6) is 5.75 Å². The minimum atomic E-state index is -0.143. The van der Waals surface area contributed by atoms with Gasteiger partial charge in [0.1, 0.15) is 12.4 Å². The zero-order valence-corrected chi connectivity index (χ0v) is 17.6. The lowest BCUT2D eigenvalue weighted by Crippen LogP contribution is -2.34. The van der Waals surface area contributed by atoms with Crippen molar-refractivity contribution in [3.63, 3.8) is 0 Å². The fourth-order valence-corrected chi connectivity index (χ4v) is 3.61. The van der Waals surface area contributed by atoms with Crippen LogP contribution in [0.4, 0.5) is 11.4 Å². The second kappa shape index (κ2) is 7.94. The van der Waals surface area contributed by atoms with Gasteiger partial charge in [0, 0.05) is 24.4 Å². The minimum absolute atomic E-state index is 0.127. The number of carbonyl (C=O) groups is 1. The van der Waals surface area contributed by atoms with Crippen LogP contribution in [0.25, 0.3) is 6.08 Å². The van der Waals surface area contributed by atoms with Crippen molar-refractivity contribution in [3.8, 4) is 5.75 Å². The Kier molecular flexibility index (Phi) is 5.35. The summed E-state index contributed by atoms with van der Waals surface area (Å²) < 4.78 is 5.83. The number of carbonyl (C=O) groups excluding carboxylic acids is 1. The van der Waals surface area contributed by atoms with E-state index in [0.29, 0.717) is 6.61 Å². The van der Waals surface area contributed by atoms with Crippen LogP contribution in [0.1, 0.15) is 44.7 Å². The number of nitrogens with zero attached hydrogens (tertiary/aromatic N) is 1. The first-order chi connectivity index (χ1) is 13.9. The molecule has 0 radical (unpaired) electrons. The molecule has 0 bridgehead atoms. The quantitative estimate of drug-likeness (QED) is 0.710. The molecule has 152 valence electrons. The van der Waals surface area contributed by atoms with Gasteiger partial charge in [-0.05, 0) is 53.5 Å². The zero-order chi connectivity index (χ0) is 20.4. The molecule has 0 spiro atoms. The normalized spacial score (nSPS) is 16.4. The van der Waals surface area contributed by atoms with Crippen molar-refractivity contribution in [1.82, 2.24) is 0 Å². The predicted octanol–water partition coefficient (Wildman–Crippen LogP) is 5.24. The Morgan fingerprint density at radius 2 is 1.93 bits per heavy atom. The van der Waals surface area contributed by atoms with Gasteiger partial charge >= 0.3 is 0 Å². The van der Waals surface area contributed by atoms with Crippen LogP contribution < -0.4 is 15.0 Å². The molecule has 29 heavy (non-hydrogen) atoms. The molecule has 1 N–H and O–H groups in total. The number of ether oxygens (including phenoxy) is 1. The summed E-state index contributed by atoms with van der Waals surface area (Å²) in [7, 11) is 0. The predicted molar refractivity (Wildman–Crippen MR) is 120 cm³/mol. The first-order valence-electron chi connectivity index (χ1n) is 10.5. The number of fused-ring (bicyclic) bond motifs is 1. The van der Waals surface area contributed by atoms with Crippen molar-refractivity contribution in [2.45, 2.75) is 39.0 Å². The lowest BCUT2D eigenvalue weighted by Gasteiger charge is -2.31. The number of amides is 1. The molecule has 0 atom stereocenters. The summed E-state index contributed by atoms with van der Waals surface area (Å²) in [6.45, 7) is 9.32. The molecular formula is C25H30N2O2. The summed E-state index contributed by atoms with van der Waals surface area (Å²) in [6.07, 6.45) is 6.10. The maximum atomic E-state index is 12.3. The number of nitrogens with one attached hydrogen (secondary N) is 1. The Morgan fingerprint density at radius 3 is 2.62 bits per heavy atom. The molecule has 4 rings (SSSR count). The van der Waals surface area contributed by atoms with E-state index in [4.69, 9.17) is 4.74 Å². The second-order valence-corrected chi connectivity index (χ2v) is 9.11. The third-order valence-electron chi connectivity index (χ3n) is 5.57. The highest BCUT2D eigenvalue weighted by Gasteiger charge is 2.27. The number of hydrogen-bond donors (Lipinski definition) is 1. The maximum Gasteiger partial charge on any atom is 0.248 e. The van der Waals surface area contributed by atoms with Crippen molar-refractivity contribution >= 4 is 23.4 Å². The van der Waals surface area contributed by atoms with E-state index >= 15 is 0 Å². The lowest BCUT2D eigenvalue weighted by molar-refractivity contribution is -0.111. The molecule has 1 amide bonds. The maximum absolute atomic E-state index is 12.3. The molecule has 1 aliphatic heterocycles. The number of benzene rings is 2.